The molecule has 0 radical (unpaired) electrons. The van der Waals surface area contributed by atoms with E-state index < -0.39 is 0 Å². The second-order valence-corrected chi connectivity index (χ2v) is 3.51. The van der Waals surface area contributed by atoms with Crippen LogP contribution in [0.1, 0.15) is 26.7 Å². The van der Waals surface area contributed by atoms with E-state index in [4.69, 9.17) is 0 Å². The molecule has 0 aliphatic heterocycles. The second kappa shape index (κ2) is 6.76. The van der Waals surface area contributed by atoms with E-state index in [2.05, 4.69) is 29.1 Å². The summed E-state index contributed by atoms with van der Waals surface area (Å²) in [6, 6.07) is -0.107. The van der Waals surface area contributed by atoms with Gasteiger partial charge in [-0.15, -0.1) is 0 Å². The van der Waals surface area contributed by atoms with Crippen LogP contribution in [0, 0.1) is 0 Å². The van der Waals surface area contributed by atoms with Gasteiger partial charge in [0.15, 0.2) is 5.82 Å². The minimum Gasteiger partial charge on any atom is -0.325 e. The Labute approximate surface area is 95.9 Å². The number of rotatable bonds is 5. The van der Waals surface area contributed by atoms with Gasteiger partial charge in [-0.05, 0) is 12.8 Å². The lowest BCUT2D eigenvalue weighted by Gasteiger charge is -2.21. The predicted molar refractivity (Wildman–Crippen MR) is 63.2 cm³/mol. The zero-order chi connectivity index (χ0) is 11.8. The second-order valence-electron chi connectivity index (χ2n) is 3.51. The molecule has 0 aliphatic carbocycles. The molecule has 0 atom stereocenters. The molecule has 0 unspecified atom stereocenters. The summed E-state index contributed by atoms with van der Waals surface area (Å²) >= 11 is 0. The van der Waals surface area contributed by atoms with Crippen LogP contribution in [0.4, 0.5) is 10.6 Å². The molecule has 0 spiro atoms. The first kappa shape index (κ1) is 12.4. The van der Waals surface area contributed by atoms with Crippen molar-refractivity contribution in [3.63, 3.8) is 0 Å². The molecular formula is C11H18N4O. The number of urea groups is 1. The molecule has 1 aromatic heterocycles. The van der Waals surface area contributed by atoms with Crippen molar-refractivity contribution in [2.45, 2.75) is 26.7 Å². The van der Waals surface area contributed by atoms with Gasteiger partial charge in [-0.3, -0.25) is 10.3 Å². The number of carbonyl (C=O) groups excluding carboxylic acids is 1. The Morgan fingerprint density at radius 3 is 2.50 bits per heavy atom. The van der Waals surface area contributed by atoms with E-state index >= 15 is 0 Å². The molecule has 1 rings (SSSR count). The van der Waals surface area contributed by atoms with E-state index in [1.54, 1.807) is 17.3 Å². The zero-order valence-corrected chi connectivity index (χ0v) is 9.81. The molecule has 5 heteroatoms. The van der Waals surface area contributed by atoms with Crippen LogP contribution >= 0.6 is 0 Å². The normalized spacial score (nSPS) is 9.88. The molecule has 2 amide bonds. The summed E-state index contributed by atoms with van der Waals surface area (Å²) in [6.07, 6.45) is 6.57. The fourth-order valence-electron chi connectivity index (χ4n) is 1.41. The first-order chi connectivity index (χ1) is 7.77. The molecule has 88 valence electrons. The van der Waals surface area contributed by atoms with Gasteiger partial charge in [-0.2, -0.15) is 0 Å². The average molecular weight is 222 g/mol. The van der Waals surface area contributed by atoms with Crippen LogP contribution in [0.15, 0.2) is 18.6 Å². The summed E-state index contributed by atoms with van der Waals surface area (Å²) in [4.78, 5) is 21.5. The smallest absolute Gasteiger partial charge is 0.323 e. The van der Waals surface area contributed by atoms with Gasteiger partial charge in [-0.1, -0.05) is 13.8 Å². The van der Waals surface area contributed by atoms with Crippen LogP contribution in [0.5, 0.6) is 0 Å². The van der Waals surface area contributed by atoms with Crippen molar-refractivity contribution < 1.29 is 4.79 Å². The van der Waals surface area contributed by atoms with Crippen LogP contribution in [-0.2, 0) is 0 Å². The number of nitrogens with one attached hydrogen (secondary N) is 1. The molecule has 1 heterocycles. The van der Waals surface area contributed by atoms with Crippen molar-refractivity contribution in [2.24, 2.45) is 0 Å². The molecule has 1 N–H and O–H groups in total. The third-order valence-corrected chi connectivity index (χ3v) is 2.07. The van der Waals surface area contributed by atoms with Gasteiger partial charge in [0.05, 0.1) is 6.20 Å². The number of anilines is 1. The van der Waals surface area contributed by atoms with Gasteiger partial charge in [0.1, 0.15) is 0 Å². The van der Waals surface area contributed by atoms with E-state index in [9.17, 15) is 4.79 Å². The molecule has 1 aromatic rings. The van der Waals surface area contributed by atoms with Crippen molar-refractivity contribution >= 4 is 11.8 Å². The molecule has 0 fully saturated rings. The third kappa shape index (κ3) is 3.84. The van der Waals surface area contributed by atoms with Crippen LogP contribution in [0.3, 0.4) is 0 Å². The Bertz CT molecular complexity index is 309. The largest absolute Gasteiger partial charge is 0.325 e. The third-order valence-electron chi connectivity index (χ3n) is 2.07. The Hall–Kier alpha value is -1.65. The number of carbonyl (C=O) groups is 1. The van der Waals surface area contributed by atoms with E-state index in [1.165, 1.54) is 6.20 Å². The maximum Gasteiger partial charge on any atom is 0.323 e. The predicted octanol–water partition coefficient (Wildman–Crippen LogP) is 2.13. The van der Waals surface area contributed by atoms with Crippen molar-refractivity contribution in [3.05, 3.63) is 18.6 Å². The highest BCUT2D eigenvalue weighted by Gasteiger charge is 2.11. The SMILES string of the molecule is CCCN(CCC)C(=O)Nc1cnccn1. The van der Waals surface area contributed by atoms with Crippen molar-refractivity contribution in [3.8, 4) is 0 Å². The van der Waals surface area contributed by atoms with Gasteiger partial charge in [0, 0.05) is 25.5 Å². The Morgan fingerprint density at radius 1 is 1.31 bits per heavy atom. The fraction of sp³-hybridized carbons (Fsp3) is 0.545. The number of nitrogens with zero attached hydrogens (tertiary/aromatic N) is 3. The van der Waals surface area contributed by atoms with E-state index in [1.807, 2.05) is 0 Å². The highest BCUT2D eigenvalue weighted by Crippen LogP contribution is 2.02. The van der Waals surface area contributed by atoms with Gasteiger partial charge in [0.2, 0.25) is 0 Å². The lowest BCUT2D eigenvalue weighted by atomic mass is 10.4. The summed E-state index contributed by atoms with van der Waals surface area (Å²) < 4.78 is 0. The summed E-state index contributed by atoms with van der Waals surface area (Å²) in [5, 5.41) is 2.72. The highest BCUT2D eigenvalue weighted by molar-refractivity contribution is 5.88. The topological polar surface area (TPSA) is 58.1 Å². The van der Waals surface area contributed by atoms with Crippen LogP contribution in [0.25, 0.3) is 0 Å². The fourth-order valence-corrected chi connectivity index (χ4v) is 1.41. The van der Waals surface area contributed by atoms with Gasteiger partial charge in [0.25, 0.3) is 0 Å². The molecule has 0 saturated carbocycles. The minimum atomic E-state index is -0.107. The van der Waals surface area contributed by atoms with Crippen molar-refractivity contribution in [1.82, 2.24) is 14.9 Å². The van der Waals surface area contributed by atoms with E-state index in [0.29, 0.717) is 5.82 Å². The standard InChI is InChI=1S/C11H18N4O/c1-3-7-15(8-4-2)11(16)14-10-9-12-5-6-13-10/h5-6,9H,3-4,7-8H2,1-2H3,(H,13,14,16). The highest BCUT2D eigenvalue weighted by atomic mass is 16.2. The maximum absolute atomic E-state index is 11.8. The molecule has 0 saturated heterocycles. The average Bonchev–Trinajstić information content (AvgIpc) is 2.30. The molecular weight excluding hydrogens is 204 g/mol. The molecule has 0 bridgehead atoms. The van der Waals surface area contributed by atoms with Crippen molar-refractivity contribution in [2.75, 3.05) is 18.4 Å². The molecule has 0 aromatic carbocycles. The monoisotopic (exact) mass is 222 g/mol. The van der Waals surface area contributed by atoms with Gasteiger partial charge < -0.3 is 4.90 Å². The van der Waals surface area contributed by atoms with E-state index in [0.717, 1.165) is 25.9 Å². The first-order valence-electron chi connectivity index (χ1n) is 5.59. The summed E-state index contributed by atoms with van der Waals surface area (Å²) in [7, 11) is 0. The minimum absolute atomic E-state index is 0.107. The molecule has 0 aliphatic rings. The number of aromatic nitrogens is 2. The van der Waals surface area contributed by atoms with E-state index in [-0.39, 0.29) is 6.03 Å². The van der Waals surface area contributed by atoms with Crippen LogP contribution < -0.4 is 5.32 Å². The zero-order valence-electron chi connectivity index (χ0n) is 9.81. The quantitative estimate of drug-likeness (QED) is 0.830. The van der Waals surface area contributed by atoms with Crippen LogP contribution in [-0.4, -0.2) is 34.0 Å². The van der Waals surface area contributed by atoms with Crippen LogP contribution in [0.2, 0.25) is 0 Å². The summed E-state index contributed by atoms with van der Waals surface area (Å²) in [6.45, 7) is 5.64. The van der Waals surface area contributed by atoms with Gasteiger partial charge >= 0.3 is 6.03 Å². The first-order valence-corrected chi connectivity index (χ1v) is 5.59. The Balaban J connectivity index is 2.55. The maximum atomic E-state index is 11.8. The molecule has 16 heavy (non-hydrogen) atoms. The van der Waals surface area contributed by atoms with Gasteiger partial charge in [-0.25, -0.2) is 9.78 Å². The summed E-state index contributed by atoms with van der Waals surface area (Å²) in [5.74, 6) is 0.490. The number of hydrogen-bond acceptors (Lipinski definition) is 3. The lowest BCUT2D eigenvalue weighted by molar-refractivity contribution is 0.211. The Morgan fingerprint density at radius 2 is 2.00 bits per heavy atom. The molecule has 5 nitrogen and oxygen atoms in total. The number of hydrogen-bond donors (Lipinski definition) is 1. The number of amides is 2. The Kier molecular flexibility index (Phi) is 5.25. The summed E-state index contributed by atoms with van der Waals surface area (Å²) in [5.41, 5.74) is 0. The van der Waals surface area contributed by atoms with Crippen molar-refractivity contribution in [1.29, 1.82) is 0 Å². The lowest BCUT2D eigenvalue weighted by Crippen LogP contribution is -2.36.